The average molecular weight is 392 g/mol. The lowest BCUT2D eigenvalue weighted by Gasteiger charge is -2.37. The average Bonchev–Trinajstić information content (AvgIpc) is 3.18. The highest BCUT2D eigenvalue weighted by Crippen LogP contribution is 2.22. The van der Waals surface area contributed by atoms with Gasteiger partial charge in [-0.05, 0) is 56.0 Å². The topological polar surface area (TPSA) is 52.7 Å². The second-order valence-corrected chi connectivity index (χ2v) is 9.30. The number of hydrogen-bond donors (Lipinski definition) is 1. The van der Waals surface area contributed by atoms with Gasteiger partial charge in [0.05, 0.1) is 0 Å². The van der Waals surface area contributed by atoms with Crippen LogP contribution in [0.4, 0.5) is 0 Å². The number of nitrogens with zero attached hydrogens (tertiary/aromatic N) is 2. The molecule has 1 aromatic rings. The molecule has 0 aromatic carbocycles. The molecule has 2 unspecified atom stereocenters. The predicted molar refractivity (Wildman–Crippen MR) is 110 cm³/mol. The smallest absolute Gasteiger partial charge is 0.242 e. The lowest BCUT2D eigenvalue weighted by Crippen LogP contribution is -2.54. The van der Waals surface area contributed by atoms with E-state index in [0.717, 1.165) is 45.4 Å². The summed E-state index contributed by atoms with van der Waals surface area (Å²) in [5, 5.41) is 5.30. The van der Waals surface area contributed by atoms with E-state index in [1.807, 2.05) is 30.1 Å². The van der Waals surface area contributed by atoms with Crippen LogP contribution in [0.25, 0.3) is 0 Å². The van der Waals surface area contributed by atoms with Crippen molar-refractivity contribution in [3.05, 3.63) is 22.4 Å². The van der Waals surface area contributed by atoms with Gasteiger partial charge in [-0.15, -0.1) is 11.3 Å². The molecular weight excluding hydrogens is 358 g/mol. The van der Waals surface area contributed by atoms with Gasteiger partial charge in [0, 0.05) is 37.0 Å². The van der Waals surface area contributed by atoms with E-state index in [2.05, 4.69) is 27.7 Å². The van der Waals surface area contributed by atoms with E-state index in [0.29, 0.717) is 12.5 Å². The molecule has 2 aliphatic heterocycles. The first-order valence-corrected chi connectivity index (χ1v) is 11.3. The third-order valence-electron chi connectivity index (χ3n) is 5.71. The summed E-state index contributed by atoms with van der Waals surface area (Å²) in [5.74, 6) is 0.594. The van der Waals surface area contributed by atoms with Crippen molar-refractivity contribution >= 4 is 23.2 Å². The zero-order valence-corrected chi connectivity index (χ0v) is 17.5. The van der Waals surface area contributed by atoms with Crippen LogP contribution in [0.5, 0.6) is 0 Å². The Kier molecular flexibility index (Phi) is 7.30. The van der Waals surface area contributed by atoms with Gasteiger partial charge in [0.1, 0.15) is 6.04 Å². The number of carbonyl (C=O) groups is 2. The summed E-state index contributed by atoms with van der Waals surface area (Å²) >= 11 is 1.81. The largest absolute Gasteiger partial charge is 0.354 e. The summed E-state index contributed by atoms with van der Waals surface area (Å²) < 4.78 is 0. The van der Waals surface area contributed by atoms with Gasteiger partial charge in [0.25, 0.3) is 0 Å². The third kappa shape index (κ3) is 5.55. The molecule has 2 fully saturated rings. The minimum absolute atomic E-state index is 0.0408. The number of amides is 2. The number of hydrogen-bond acceptors (Lipinski definition) is 4. The number of piperidine rings is 2. The van der Waals surface area contributed by atoms with Gasteiger partial charge < -0.3 is 10.2 Å². The molecule has 1 aromatic heterocycles. The first-order valence-electron chi connectivity index (χ1n) is 10.4. The molecule has 3 heterocycles. The Hall–Kier alpha value is -1.40. The van der Waals surface area contributed by atoms with Crippen LogP contribution in [0.3, 0.4) is 0 Å². The molecule has 2 amide bonds. The summed E-state index contributed by atoms with van der Waals surface area (Å²) in [4.78, 5) is 31.0. The summed E-state index contributed by atoms with van der Waals surface area (Å²) in [5.41, 5.74) is 0. The maximum Gasteiger partial charge on any atom is 0.242 e. The predicted octanol–water partition coefficient (Wildman–Crippen LogP) is 3.11. The van der Waals surface area contributed by atoms with Gasteiger partial charge in [0.15, 0.2) is 0 Å². The lowest BCUT2D eigenvalue weighted by molar-refractivity contribution is -0.144. The van der Waals surface area contributed by atoms with Crippen molar-refractivity contribution in [2.45, 2.75) is 58.5 Å². The normalized spacial score (nSPS) is 24.2. The van der Waals surface area contributed by atoms with E-state index in [4.69, 9.17) is 0 Å². The molecule has 2 atom stereocenters. The maximum atomic E-state index is 12.8. The number of thiophene rings is 1. The summed E-state index contributed by atoms with van der Waals surface area (Å²) in [7, 11) is 0. The van der Waals surface area contributed by atoms with Gasteiger partial charge >= 0.3 is 0 Å². The van der Waals surface area contributed by atoms with Crippen molar-refractivity contribution in [2.24, 2.45) is 11.8 Å². The van der Waals surface area contributed by atoms with E-state index in [1.54, 1.807) is 0 Å². The Morgan fingerprint density at radius 2 is 2.07 bits per heavy atom. The van der Waals surface area contributed by atoms with E-state index in [-0.39, 0.29) is 23.8 Å². The fourth-order valence-electron chi connectivity index (χ4n) is 4.25. The maximum absolute atomic E-state index is 12.8. The highest BCUT2D eigenvalue weighted by Gasteiger charge is 2.33. The minimum atomic E-state index is -0.278. The van der Waals surface area contributed by atoms with Crippen molar-refractivity contribution in [3.8, 4) is 0 Å². The monoisotopic (exact) mass is 391 g/mol. The summed E-state index contributed by atoms with van der Waals surface area (Å²) in [6, 6.07) is 4.02. The van der Waals surface area contributed by atoms with Crippen LogP contribution < -0.4 is 5.32 Å². The molecule has 1 N–H and O–H groups in total. The third-order valence-corrected chi connectivity index (χ3v) is 6.57. The summed E-state index contributed by atoms with van der Waals surface area (Å²) in [6.07, 6.45) is 5.17. The van der Waals surface area contributed by atoms with Crippen molar-refractivity contribution in [1.29, 1.82) is 0 Å². The first-order chi connectivity index (χ1) is 13.0. The Bertz CT molecular complexity index is 617. The van der Waals surface area contributed by atoms with E-state index >= 15 is 0 Å². The molecule has 27 heavy (non-hydrogen) atoms. The molecule has 0 spiro atoms. The van der Waals surface area contributed by atoms with Crippen LogP contribution in [0.2, 0.25) is 0 Å². The molecule has 150 valence electrons. The van der Waals surface area contributed by atoms with Gasteiger partial charge in [-0.1, -0.05) is 19.9 Å². The fraction of sp³-hybridized carbons (Fsp3) is 0.714. The highest BCUT2D eigenvalue weighted by molar-refractivity contribution is 7.09. The lowest BCUT2D eigenvalue weighted by atomic mass is 9.96. The quantitative estimate of drug-likeness (QED) is 0.811. The van der Waals surface area contributed by atoms with Gasteiger partial charge in [-0.2, -0.15) is 0 Å². The second-order valence-electron chi connectivity index (χ2n) is 8.27. The van der Waals surface area contributed by atoms with Crippen LogP contribution in [0, 0.1) is 11.8 Å². The molecule has 6 heteroatoms. The molecule has 0 aliphatic carbocycles. The van der Waals surface area contributed by atoms with E-state index < -0.39 is 0 Å². The van der Waals surface area contributed by atoms with Gasteiger partial charge in [0.2, 0.25) is 11.8 Å². The minimum Gasteiger partial charge on any atom is -0.354 e. The molecule has 0 saturated carbocycles. The molecular formula is C21H33N3O2S. The highest BCUT2D eigenvalue weighted by atomic mass is 32.1. The molecule has 2 aliphatic rings. The molecule has 3 rings (SSSR count). The zero-order chi connectivity index (χ0) is 19.2. The van der Waals surface area contributed by atoms with Gasteiger partial charge in [-0.25, -0.2) is 0 Å². The fourth-order valence-corrected chi connectivity index (χ4v) is 4.99. The molecule has 0 radical (unpaired) electrons. The van der Waals surface area contributed by atoms with E-state index in [9.17, 15) is 9.59 Å². The molecule has 2 saturated heterocycles. The van der Waals surface area contributed by atoms with E-state index in [1.165, 1.54) is 17.7 Å². The SMILES string of the molecule is CC(C)C(=O)N1CCCCC1C(=O)NCC1CCCN(Cc2cccs2)C1. The Morgan fingerprint density at radius 3 is 2.81 bits per heavy atom. The number of carbonyl (C=O) groups excluding carboxylic acids is 2. The van der Waals surface area contributed by atoms with Crippen LogP contribution >= 0.6 is 11.3 Å². The van der Waals surface area contributed by atoms with Crippen LogP contribution in [0.15, 0.2) is 17.5 Å². The number of likely N-dealkylation sites (tertiary alicyclic amines) is 2. The van der Waals surface area contributed by atoms with Crippen LogP contribution in [-0.4, -0.2) is 53.8 Å². The van der Waals surface area contributed by atoms with Crippen molar-refractivity contribution in [3.63, 3.8) is 0 Å². The Balaban J connectivity index is 1.49. The molecule has 0 bridgehead atoms. The zero-order valence-electron chi connectivity index (χ0n) is 16.7. The standard InChI is InChI=1S/C21H33N3O2S/c1-16(2)21(26)24-11-4-3-9-19(24)20(25)22-13-17-7-5-10-23(14-17)15-18-8-6-12-27-18/h6,8,12,16-17,19H,3-5,7,9-11,13-15H2,1-2H3,(H,22,25). The second kappa shape index (κ2) is 9.69. The number of nitrogens with one attached hydrogen (secondary N) is 1. The Morgan fingerprint density at radius 1 is 1.22 bits per heavy atom. The van der Waals surface area contributed by atoms with Crippen LogP contribution in [-0.2, 0) is 16.1 Å². The molecule has 5 nitrogen and oxygen atoms in total. The van der Waals surface area contributed by atoms with Crippen LogP contribution in [0.1, 0.15) is 50.8 Å². The van der Waals surface area contributed by atoms with Crippen molar-refractivity contribution in [2.75, 3.05) is 26.2 Å². The number of rotatable bonds is 6. The summed E-state index contributed by atoms with van der Waals surface area (Å²) in [6.45, 7) is 8.46. The first kappa shape index (κ1) is 20.3. The van der Waals surface area contributed by atoms with Crippen molar-refractivity contribution in [1.82, 2.24) is 15.1 Å². The van der Waals surface area contributed by atoms with Gasteiger partial charge in [-0.3, -0.25) is 14.5 Å². The Labute approximate surface area is 167 Å². The van der Waals surface area contributed by atoms with Crippen molar-refractivity contribution < 1.29 is 9.59 Å².